The molecule has 9 rings (SSSR count). The van der Waals surface area contributed by atoms with Gasteiger partial charge in [-0.1, -0.05) is 31.2 Å². The van der Waals surface area contributed by atoms with E-state index in [0.29, 0.717) is 0 Å². The van der Waals surface area contributed by atoms with Crippen molar-refractivity contribution < 1.29 is 45.2 Å². The van der Waals surface area contributed by atoms with Crippen LogP contribution in [-0.2, 0) is 31.6 Å². The van der Waals surface area contributed by atoms with Crippen molar-refractivity contribution in [2.24, 2.45) is 5.92 Å². The lowest BCUT2D eigenvalue weighted by Crippen LogP contribution is -2.50. The van der Waals surface area contributed by atoms with Crippen molar-refractivity contribution in [2.45, 2.75) is 137 Å². The molecule has 386 valence electrons. The summed E-state index contributed by atoms with van der Waals surface area (Å²) in [7, 11) is -4.83. The normalized spacial score (nSPS) is 25.9. The maximum atomic E-state index is 5.99. The summed E-state index contributed by atoms with van der Waals surface area (Å²) in [5.41, 5.74) is 1.16. The number of hydrogen-bond acceptors (Lipinski definition) is 12. The van der Waals surface area contributed by atoms with Crippen molar-refractivity contribution in [3.8, 4) is 17.2 Å². The zero-order valence-electron chi connectivity index (χ0n) is 45.8. The number of rotatable bonds is 0. The van der Waals surface area contributed by atoms with E-state index in [9.17, 15) is 0 Å². The molecule has 0 aromatic heterocycles. The monoisotopic (exact) mass is 1060 g/mol. The molecule has 0 N–H and O–H groups in total. The molecule has 19 heteroatoms. The highest BCUT2D eigenvalue weighted by Gasteiger charge is 2.36. The van der Waals surface area contributed by atoms with Crippen LogP contribution in [-0.4, -0.2) is 160 Å². The topological polar surface area (TPSA) is 98.8 Å². The van der Waals surface area contributed by atoms with Gasteiger partial charge in [0.25, 0.3) is 16.6 Å². The van der Waals surface area contributed by atoms with E-state index in [1.54, 1.807) is 0 Å². The lowest BCUT2D eigenvalue weighted by molar-refractivity contribution is -0.0626. The predicted octanol–water partition coefficient (Wildman–Crippen LogP) is 11.0. The standard InChI is InChI=1S/C10H15NOSi.C9H12O2Si.C7H16O2Si.C6H15NOSi.C6H14OSi.C5H12O2Si.C5H12OSi/c1-11-8-13(2,3)12-10-7-5-4-6-9(10)11;1-12(2)7-10-8-5-3-4-6-9(8)11-12;1-7(2)5-9-10(3,4)6-8-7;1-7-4-5-8-9(2,3)6-7;1-6-4-7-8(2,3)5-6;1-8(2)5-6-3-4-7-8;1-7(2)5-3-4-6-7/h4-7H,8H2,1-3H3;3-6H,7H2,1-2H3;5-6H2,1-4H3;4-6H2,1-3H3;6H,4-5H2,1-3H3;3-5H2,1-2H3;3-5H2,1-2H3. The number of para-hydroxylation sites is 4. The van der Waals surface area contributed by atoms with Gasteiger partial charge < -0.3 is 55.0 Å². The molecule has 7 heterocycles. The van der Waals surface area contributed by atoms with E-state index in [-0.39, 0.29) is 5.60 Å². The Morgan fingerprint density at radius 2 is 1.12 bits per heavy atom. The molecule has 0 spiro atoms. The van der Waals surface area contributed by atoms with Crippen LogP contribution in [0.15, 0.2) is 48.5 Å². The van der Waals surface area contributed by atoms with Gasteiger partial charge in [0.2, 0.25) is 16.6 Å². The maximum absolute atomic E-state index is 5.99. The van der Waals surface area contributed by atoms with Gasteiger partial charge in [-0.3, -0.25) is 0 Å². The number of fused-ring (bicyclic) bond motifs is 2. The molecule has 1 atom stereocenters. The second kappa shape index (κ2) is 26.0. The summed E-state index contributed by atoms with van der Waals surface area (Å²) in [4.78, 5) is 4.65. The fraction of sp³-hybridized carbons (Fsp3) is 0.750. The minimum atomic E-state index is -1.56. The molecule has 1 unspecified atom stereocenters. The maximum Gasteiger partial charge on any atom is 0.282 e. The van der Waals surface area contributed by atoms with Crippen molar-refractivity contribution in [1.29, 1.82) is 0 Å². The van der Waals surface area contributed by atoms with Crippen molar-refractivity contribution in [2.75, 3.05) is 96.2 Å². The van der Waals surface area contributed by atoms with Crippen LogP contribution in [0.5, 0.6) is 17.2 Å². The Bertz CT molecular complexity index is 1720. The lowest BCUT2D eigenvalue weighted by atomic mass is 10.2. The highest BCUT2D eigenvalue weighted by Crippen LogP contribution is 2.35. The van der Waals surface area contributed by atoms with E-state index in [1.165, 1.54) is 30.4 Å². The fourth-order valence-electron chi connectivity index (χ4n) is 8.13. The zero-order valence-corrected chi connectivity index (χ0v) is 52.8. The first-order chi connectivity index (χ1) is 30.8. The Labute approximate surface area is 416 Å². The van der Waals surface area contributed by atoms with Crippen molar-refractivity contribution in [1.82, 2.24) is 4.90 Å². The first-order valence-electron chi connectivity index (χ1n) is 24.8. The Hall–Kier alpha value is -1.16. The Balaban J connectivity index is 0.000000209. The van der Waals surface area contributed by atoms with Crippen LogP contribution >= 0.6 is 0 Å². The van der Waals surface area contributed by atoms with Crippen LogP contribution in [0.3, 0.4) is 0 Å². The van der Waals surface area contributed by atoms with Crippen LogP contribution in [0.4, 0.5) is 5.69 Å². The average molecular weight is 1060 g/mol. The second-order valence-corrected chi connectivity index (χ2v) is 52.9. The van der Waals surface area contributed by atoms with E-state index in [0.717, 1.165) is 94.2 Å². The van der Waals surface area contributed by atoms with Gasteiger partial charge in [-0.25, -0.2) is 0 Å². The molecule has 2 aromatic carbocycles. The molecule has 0 radical (unpaired) electrons. The number of benzene rings is 2. The molecule has 2 aromatic rings. The zero-order chi connectivity index (χ0) is 50.4. The van der Waals surface area contributed by atoms with Gasteiger partial charge in [0.1, 0.15) is 17.7 Å². The molecular formula is C48H96N2O10Si7. The van der Waals surface area contributed by atoms with Gasteiger partial charge in [0, 0.05) is 45.7 Å². The summed E-state index contributed by atoms with van der Waals surface area (Å²) in [6.45, 7) is 44.0. The minimum Gasteiger partial charge on any atom is -0.541 e. The van der Waals surface area contributed by atoms with Gasteiger partial charge in [0.05, 0.1) is 43.6 Å². The van der Waals surface area contributed by atoms with Crippen LogP contribution in [0.25, 0.3) is 0 Å². The fourth-order valence-corrected chi connectivity index (χ4v) is 21.2. The Morgan fingerprint density at radius 3 is 1.54 bits per heavy atom. The molecule has 7 aliphatic rings. The van der Waals surface area contributed by atoms with Gasteiger partial charge in [0.15, 0.2) is 30.7 Å². The summed E-state index contributed by atoms with van der Waals surface area (Å²) in [5, 5.41) is 0. The van der Waals surface area contributed by atoms with Crippen LogP contribution < -0.4 is 18.5 Å². The second-order valence-electron chi connectivity index (χ2n) is 24.0. The molecule has 12 nitrogen and oxygen atoms in total. The van der Waals surface area contributed by atoms with E-state index >= 15 is 0 Å². The molecule has 67 heavy (non-hydrogen) atoms. The molecule has 0 aliphatic carbocycles. The predicted molar refractivity (Wildman–Crippen MR) is 297 cm³/mol. The first-order valence-corrected chi connectivity index (χ1v) is 46.6. The Morgan fingerprint density at radius 1 is 0.537 bits per heavy atom. The number of hydrogen-bond donors (Lipinski definition) is 0. The van der Waals surface area contributed by atoms with E-state index in [4.69, 9.17) is 45.2 Å². The summed E-state index contributed by atoms with van der Waals surface area (Å²) in [6.07, 6.45) is 6.02. The molecule has 0 amide bonds. The van der Waals surface area contributed by atoms with Crippen molar-refractivity contribution in [3.63, 3.8) is 0 Å². The van der Waals surface area contributed by atoms with Gasteiger partial charge >= 0.3 is 0 Å². The Kier molecular flexibility index (Phi) is 23.3. The van der Waals surface area contributed by atoms with Crippen LogP contribution in [0, 0.1) is 5.92 Å². The molecule has 0 bridgehead atoms. The highest BCUT2D eigenvalue weighted by molar-refractivity contribution is 6.74. The summed E-state index contributed by atoms with van der Waals surface area (Å²) in [6, 6.07) is 18.8. The summed E-state index contributed by atoms with van der Waals surface area (Å²) < 4.78 is 56.1. The first kappa shape index (κ1) is 60.1. The van der Waals surface area contributed by atoms with Crippen molar-refractivity contribution in [3.05, 3.63) is 48.5 Å². The highest BCUT2D eigenvalue weighted by atomic mass is 28.4. The number of nitrogens with zero attached hydrogens (tertiary/aromatic N) is 2. The number of likely N-dealkylation sites (N-methyl/N-ethyl adjacent to an activating group) is 1. The quantitative estimate of drug-likeness (QED) is 0.235. The third-order valence-electron chi connectivity index (χ3n) is 11.5. The van der Waals surface area contributed by atoms with E-state index < -0.39 is 58.2 Å². The van der Waals surface area contributed by atoms with Gasteiger partial charge in [-0.05, 0) is 161 Å². The van der Waals surface area contributed by atoms with Gasteiger partial charge in [-0.15, -0.1) is 0 Å². The summed E-state index contributed by atoms with van der Waals surface area (Å²) in [5.74, 6) is 3.66. The smallest absolute Gasteiger partial charge is 0.282 e. The third-order valence-corrected chi connectivity index (χ3v) is 26.2. The summed E-state index contributed by atoms with van der Waals surface area (Å²) >= 11 is 0. The number of ether oxygens (including phenoxy) is 3. The lowest BCUT2D eigenvalue weighted by Gasteiger charge is -2.38. The molecule has 7 aliphatic heterocycles. The molecule has 5 saturated heterocycles. The third kappa shape index (κ3) is 24.7. The van der Waals surface area contributed by atoms with Crippen LogP contribution in [0.1, 0.15) is 27.2 Å². The van der Waals surface area contributed by atoms with E-state index in [2.05, 4.69) is 155 Å². The van der Waals surface area contributed by atoms with E-state index in [1.807, 2.05) is 30.3 Å². The molecular weight excluding hydrogens is 961 g/mol. The van der Waals surface area contributed by atoms with Crippen LogP contribution in [0.2, 0.25) is 104 Å². The minimum absolute atomic E-state index is 0.0531. The largest absolute Gasteiger partial charge is 0.541 e. The van der Waals surface area contributed by atoms with Gasteiger partial charge in [-0.2, -0.15) is 0 Å². The average Bonchev–Trinajstić information content (AvgIpc) is 3.77. The molecule has 5 fully saturated rings. The SMILES string of the molecule is CC1(C)CO[Si](C)(C)CO1.CC1CO[Si](C)(C)C1.CN1CCO[Si](C)(C)C1.CN1C[Si](C)(C)Oc2ccccc21.C[Si]1(C)CCCO1.C[Si]1(C)COCCO1.C[Si]1(C)COc2ccccc2O1. The van der Waals surface area contributed by atoms with Crippen molar-refractivity contribution >= 4 is 63.9 Å². The number of anilines is 1. The molecule has 0 saturated carbocycles.